The van der Waals surface area contributed by atoms with Crippen LogP contribution in [0.1, 0.15) is 46.0 Å². The SMILES string of the molecule is CC1CCC(CCNS(=O)(=O)C(C)C#N)CC1. The average Bonchev–Trinajstić information content (AvgIpc) is 2.30. The van der Waals surface area contributed by atoms with Crippen LogP contribution in [-0.2, 0) is 10.0 Å². The lowest BCUT2D eigenvalue weighted by molar-refractivity contribution is 0.278. The van der Waals surface area contributed by atoms with E-state index < -0.39 is 15.3 Å². The van der Waals surface area contributed by atoms with Crippen molar-refractivity contribution >= 4 is 10.0 Å². The van der Waals surface area contributed by atoms with Gasteiger partial charge in [0.1, 0.15) is 0 Å². The Morgan fingerprint density at radius 2 is 1.94 bits per heavy atom. The summed E-state index contributed by atoms with van der Waals surface area (Å²) in [5, 5.41) is 7.61. The molecule has 0 heterocycles. The van der Waals surface area contributed by atoms with Crippen molar-refractivity contribution in [2.24, 2.45) is 11.8 Å². The number of hydrogen-bond acceptors (Lipinski definition) is 3. The Kier molecular flexibility index (Phi) is 5.41. The van der Waals surface area contributed by atoms with E-state index in [0.717, 1.165) is 12.3 Å². The van der Waals surface area contributed by atoms with Crippen molar-refractivity contribution in [2.45, 2.75) is 51.2 Å². The van der Waals surface area contributed by atoms with Crippen LogP contribution in [0.15, 0.2) is 0 Å². The van der Waals surface area contributed by atoms with E-state index in [0.29, 0.717) is 12.5 Å². The minimum atomic E-state index is -3.43. The molecule has 4 nitrogen and oxygen atoms in total. The minimum absolute atomic E-state index is 0.466. The highest BCUT2D eigenvalue weighted by atomic mass is 32.2. The van der Waals surface area contributed by atoms with E-state index in [1.807, 2.05) is 0 Å². The summed E-state index contributed by atoms with van der Waals surface area (Å²) in [4.78, 5) is 0. The van der Waals surface area contributed by atoms with Gasteiger partial charge in [0.2, 0.25) is 10.0 Å². The molecule has 0 amide bonds. The summed E-state index contributed by atoms with van der Waals surface area (Å²) in [6.07, 6.45) is 5.82. The van der Waals surface area contributed by atoms with Crippen LogP contribution in [0.2, 0.25) is 0 Å². The average molecular weight is 258 g/mol. The molecule has 0 spiro atoms. The van der Waals surface area contributed by atoms with Crippen molar-refractivity contribution in [2.75, 3.05) is 6.54 Å². The van der Waals surface area contributed by atoms with Crippen LogP contribution in [0.3, 0.4) is 0 Å². The quantitative estimate of drug-likeness (QED) is 0.820. The highest BCUT2D eigenvalue weighted by Crippen LogP contribution is 2.29. The maximum Gasteiger partial charge on any atom is 0.227 e. The third-order valence-electron chi connectivity index (χ3n) is 3.64. The Hall–Kier alpha value is -0.600. The van der Waals surface area contributed by atoms with Gasteiger partial charge in [0.25, 0.3) is 0 Å². The van der Waals surface area contributed by atoms with E-state index in [9.17, 15) is 8.42 Å². The summed E-state index contributed by atoms with van der Waals surface area (Å²) < 4.78 is 25.6. The number of hydrogen-bond donors (Lipinski definition) is 1. The van der Waals surface area contributed by atoms with Crippen molar-refractivity contribution in [1.82, 2.24) is 4.72 Å². The van der Waals surface area contributed by atoms with Crippen molar-refractivity contribution in [3.63, 3.8) is 0 Å². The van der Waals surface area contributed by atoms with E-state index >= 15 is 0 Å². The summed E-state index contributed by atoms with van der Waals surface area (Å²) in [5.74, 6) is 1.47. The fraction of sp³-hybridized carbons (Fsp3) is 0.917. The third-order valence-corrected chi connectivity index (χ3v) is 5.28. The molecule has 0 aromatic rings. The van der Waals surface area contributed by atoms with E-state index in [4.69, 9.17) is 5.26 Å². The van der Waals surface area contributed by atoms with Crippen LogP contribution < -0.4 is 4.72 Å². The van der Waals surface area contributed by atoms with Gasteiger partial charge in [-0.25, -0.2) is 13.1 Å². The number of nitriles is 1. The van der Waals surface area contributed by atoms with Gasteiger partial charge in [-0.1, -0.05) is 32.6 Å². The molecule has 5 heteroatoms. The molecule has 17 heavy (non-hydrogen) atoms. The van der Waals surface area contributed by atoms with Crippen LogP contribution in [-0.4, -0.2) is 20.2 Å². The summed E-state index contributed by atoms with van der Waals surface area (Å²) in [6, 6.07) is 1.75. The van der Waals surface area contributed by atoms with Gasteiger partial charge in [0.15, 0.2) is 5.25 Å². The largest absolute Gasteiger partial charge is 0.227 e. The summed E-state index contributed by atoms with van der Waals surface area (Å²) in [7, 11) is -3.43. The van der Waals surface area contributed by atoms with Crippen LogP contribution in [0.4, 0.5) is 0 Å². The summed E-state index contributed by atoms with van der Waals surface area (Å²) >= 11 is 0. The van der Waals surface area contributed by atoms with Crippen LogP contribution in [0.25, 0.3) is 0 Å². The first-order chi connectivity index (χ1) is 7.95. The van der Waals surface area contributed by atoms with Crippen LogP contribution in [0.5, 0.6) is 0 Å². The van der Waals surface area contributed by atoms with Crippen LogP contribution in [0, 0.1) is 23.2 Å². The second-order valence-corrected chi connectivity index (χ2v) is 7.21. The van der Waals surface area contributed by atoms with Gasteiger partial charge in [-0.2, -0.15) is 5.26 Å². The van der Waals surface area contributed by atoms with Crippen molar-refractivity contribution in [1.29, 1.82) is 5.26 Å². The number of nitrogens with one attached hydrogen (secondary N) is 1. The van der Waals surface area contributed by atoms with E-state index in [1.54, 1.807) is 6.07 Å². The second kappa shape index (κ2) is 6.36. The molecule has 1 fully saturated rings. The van der Waals surface area contributed by atoms with Crippen LogP contribution >= 0.6 is 0 Å². The zero-order valence-corrected chi connectivity index (χ0v) is 11.5. The molecule has 0 radical (unpaired) electrons. The smallest absolute Gasteiger partial charge is 0.214 e. The second-order valence-electron chi connectivity index (χ2n) is 5.13. The first kappa shape index (κ1) is 14.5. The van der Waals surface area contributed by atoms with Crippen molar-refractivity contribution in [3.05, 3.63) is 0 Å². The first-order valence-corrected chi connectivity index (χ1v) is 7.88. The van der Waals surface area contributed by atoms with Gasteiger partial charge in [0.05, 0.1) is 6.07 Å². The molecule has 1 aliphatic rings. The molecule has 1 atom stereocenters. The predicted octanol–water partition coefficient (Wildman–Crippen LogP) is 2.03. The number of sulfonamides is 1. The fourth-order valence-corrected chi connectivity index (χ4v) is 3.01. The number of rotatable bonds is 5. The highest BCUT2D eigenvalue weighted by Gasteiger charge is 2.21. The summed E-state index contributed by atoms with van der Waals surface area (Å²) in [5.41, 5.74) is 0. The predicted molar refractivity (Wildman–Crippen MR) is 67.7 cm³/mol. The molecule has 0 saturated heterocycles. The molecule has 1 saturated carbocycles. The van der Waals surface area contributed by atoms with Gasteiger partial charge in [-0.3, -0.25) is 0 Å². The normalized spacial score (nSPS) is 27.4. The topological polar surface area (TPSA) is 70.0 Å². The lowest BCUT2D eigenvalue weighted by atomic mass is 9.81. The summed E-state index contributed by atoms with van der Waals surface area (Å²) in [6.45, 7) is 4.14. The van der Waals surface area contributed by atoms with Gasteiger partial charge in [0, 0.05) is 6.54 Å². The molecular formula is C12H22N2O2S. The first-order valence-electron chi connectivity index (χ1n) is 6.33. The monoisotopic (exact) mass is 258 g/mol. The maximum absolute atomic E-state index is 11.5. The third kappa shape index (κ3) is 4.64. The molecule has 0 bridgehead atoms. The Balaban J connectivity index is 2.27. The fourth-order valence-electron chi connectivity index (χ4n) is 2.22. The molecular weight excluding hydrogens is 236 g/mol. The Labute approximate surface area is 104 Å². The molecule has 0 aromatic carbocycles. The standard InChI is InChI=1S/C12H22N2O2S/c1-10-3-5-12(6-4-10)7-8-14-17(15,16)11(2)9-13/h10-12,14H,3-8H2,1-2H3. The molecule has 1 unspecified atom stereocenters. The lowest BCUT2D eigenvalue weighted by Gasteiger charge is -2.26. The van der Waals surface area contributed by atoms with Gasteiger partial charge < -0.3 is 0 Å². The minimum Gasteiger partial charge on any atom is -0.214 e. The molecule has 1 aliphatic carbocycles. The van der Waals surface area contributed by atoms with E-state index in [1.165, 1.54) is 32.6 Å². The van der Waals surface area contributed by atoms with Crippen molar-refractivity contribution in [3.8, 4) is 6.07 Å². The molecule has 0 aliphatic heterocycles. The van der Waals surface area contributed by atoms with E-state index in [2.05, 4.69) is 11.6 Å². The zero-order valence-electron chi connectivity index (χ0n) is 10.6. The molecule has 0 aromatic heterocycles. The van der Waals surface area contributed by atoms with Gasteiger partial charge >= 0.3 is 0 Å². The number of nitrogens with zero attached hydrogens (tertiary/aromatic N) is 1. The van der Waals surface area contributed by atoms with Gasteiger partial charge in [-0.15, -0.1) is 0 Å². The Morgan fingerprint density at radius 3 is 2.47 bits per heavy atom. The highest BCUT2D eigenvalue weighted by molar-refractivity contribution is 7.90. The Morgan fingerprint density at radius 1 is 1.35 bits per heavy atom. The van der Waals surface area contributed by atoms with Gasteiger partial charge in [-0.05, 0) is 25.2 Å². The zero-order chi connectivity index (χ0) is 12.9. The van der Waals surface area contributed by atoms with Crippen molar-refractivity contribution < 1.29 is 8.42 Å². The van der Waals surface area contributed by atoms with E-state index in [-0.39, 0.29) is 0 Å². The molecule has 1 N–H and O–H groups in total. The molecule has 1 rings (SSSR count). The lowest BCUT2D eigenvalue weighted by Crippen LogP contribution is -2.33. The molecule has 98 valence electrons. The Bertz CT molecular complexity index is 364. The maximum atomic E-state index is 11.5.